The molecule has 0 unspecified atom stereocenters. The maximum Gasteiger partial charge on any atom is 0.271 e. The molecule has 0 radical (unpaired) electrons. The van der Waals surface area contributed by atoms with Gasteiger partial charge in [-0.2, -0.15) is 5.10 Å². The third-order valence-corrected chi connectivity index (χ3v) is 4.20. The van der Waals surface area contributed by atoms with Crippen LogP contribution in [0, 0.1) is 0 Å². The van der Waals surface area contributed by atoms with Crippen LogP contribution >= 0.6 is 0 Å². The van der Waals surface area contributed by atoms with Gasteiger partial charge in [0.05, 0.1) is 26.5 Å². The number of nitrogens with zero attached hydrogens (tertiary/aromatic N) is 2. The third-order valence-electron chi connectivity index (χ3n) is 4.20. The first-order valence-corrected chi connectivity index (χ1v) is 8.61. The van der Waals surface area contributed by atoms with Crippen molar-refractivity contribution in [3.63, 3.8) is 0 Å². The van der Waals surface area contributed by atoms with Crippen molar-refractivity contribution in [2.75, 3.05) is 33.4 Å². The Morgan fingerprint density at radius 2 is 2.00 bits per heavy atom. The number of nitrogens with one attached hydrogen (secondary N) is 1. The van der Waals surface area contributed by atoms with Crippen LogP contribution in [0.5, 0.6) is 5.75 Å². The number of carbonyl (C=O) groups excluding carboxylic acids is 1. The van der Waals surface area contributed by atoms with Crippen molar-refractivity contribution in [3.8, 4) is 5.75 Å². The molecule has 1 heterocycles. The molecule has 0 saturated carbocycles. The second-order valence-electron chi connectivity index (χ2n) is 6.06. The monoisotopic (exact) mass is 353 g/mol. The van der Waals surface area contributed by atoms with Crippen molar-refractivity contribution in [1.29, 1.82) is 0 Å². The van der Waals surface area contributed by atoms with Crippen LogP contribution in [0.3, 0.4) is 0 Å². The molecule has 0 aromatic heterocycles. The van der Waals surface area contributed by atoms with Gasteiger partial charge in [0, 0.05) is 25.2 Å². The molecule has 26 heavy (non-hydrogen) atoms. The van der Waals surface area contributed by atoms with Crippen molar-refractivity contribution in [2.45, 2.75) is 6.54 Å². The van der Waals surface area contributed by atoms with Crippen molar-refractivity contribution in [1.82, 2.24) is 10.3 Å². The fraction of sp³-hybridized carbons (Fsp3) is 0.300. The fourth-order valence-corrected chi connectivity index (χ4v) is 2.73. The van der Waals surface area contributed by atoms with E-state index in [-0.39, 0.29) is 5.91 Å². The molecule has 1 aliphatic rings. The summed E-state index contributed by atoms with van der Waals surface area (Å²) in [6, 6.07) is 15.1. The van der Waals surface area contributed by atoms with Gasteiger partial charge in [-0.05, 0) is 35.4 Å². The number of amides is 1. The number of rotatable bonds is 6. The van der Waals surface area contributed by atoms with E-state index in [1.54, 1.807) is 13.3 Å². The minimum absolute atomic E-state index is 0.234. The van der Waals surface area contributed by atoms with Crippen molar-refractivity contribution in [2.24, 2.45) is 5.10 Å². The number of methoxy groups -OCH3 is 1. The number of hydrazone groups is 1. The van der Waals surface area contributed by atoms with Gasteiger partial charge in [0.1, 0.15) is 5.75 Å². The molecule has 0 aliphatic carbocycles. The Balaban J connectivity index is 1.53. The van der Waals surface area contributed by atoms with Gasteiger partial charge < -0.3 is 9.47 Å². The van der Waals surface area contributed by atoms with E-state index in [4.69, 9.17) is 9.47 Å². The second-order valence-corrected chi connectivity index (χ2v) is 6.06. The van der Waals surface area contributed by atoms with Crippen LogP contribution < -0.4 is 10.2 Å². The largest absolute Gasteiger partial charge is 0.497 e. The van der Waals surface area contributed by atoms with E-state index in [1.165, 1.54) is 5.56 Å². The quantitative estimate of drug-likeness (QED) is 0.639. The van der Waals surface area contributed by atoms with Crippen molar-refractivity contribution in [3.05, 3.63) is 65.2 Å². The number of hydrogen-bond acceptors (Lipinski definition) is 5. The van der Waals surface area contributed by atoms with E-state index in [0.717, 1.165) is 44.2 Å². The Bertz CT molecular complexity index is 753. The van der Waals surface area contributed by atoms with E-state index in [9.17, 15) is 4.79 Å². The van der Waals surface area contributed by atoms with Gasteiger partial charge in [0.25, 0.3) is 5.91 Å². The number of carbonyl (C=O) groups is 1. The van der Waals surface area contributed by atoms with E-state index >= 15 is 0 Å². The fourth-order valence-electron chi connectivity index (χ4n) is 2.73. The number of ether oxygens (including phenoxy) is 2. The van der Waals surface area contributed by atoms with Crippen LogP contribution in [0.15, 0.2) is 53.6 Å². The predicted octanol–water partition coefficient (Wildman–Crippen LogP) is 2.29. The summed E-state index contributed by atoms with van der Waals surface area (Å²) in [5.74, 6) is 0.512. The highest BCUT2D eigenvalue weighted by molar-refractivity contribution is 5.94. The highest BCUT2D eigenvalue weighted by Gasteiger charge is 2.11. The van der Waals surface area contributed by atoms with Crippen LogP contribution in [0.4, 0.5) is 0 Å². The van der Waals surface area contributed by atoms with E-state index in [1.807, 2.05) is 48.5 Å². The molecule has 6 nitrogen and oxygen atoms in total. The van der Waals surface area contributed by atoms with Crippen LogP contribution in [-0.2, 0) is 11.3 Å². The Morgan fingerprint density at radius 1 is 1.23 bits per heavy atom. The molecule has 1 N–H and O–H groups in total. The lowest BCUT2D eigenvalue weighted by Gasteiger charge is -2.26. The van der Waals surface area contributed by atoms with E-state index in [0.29, 0.717) is 5.56 Å². The molecule has 0 bridgehead atoms. The number of hydrogen-bond donors (Lipinski definition) is 1. The zero-order valence-corrected chi connectivity index (χ0v) is 14.9. The topological polar surface area (TPSA) is 63.2 Å². The zero-order valence-electron chi connectivity index (χ0n) is 14.9. The standard InChI is InChI=1S/C20H23N3O3/c1-25-19-4-2-3-17(13-19)14-21-22-20(24)18-7-5-16(6-8-18)15-23-9-11-26-12-10-23/h2-8,13-14H,9-12,15H2,1H3,(H,22,24)/b21-14-. The molecule has 1 aliphatic heterocycles. The molecule has 0 spiro atoms. The molecule has 6 heteroatoms. The first-order valence-electron chi connectivity index (χ1n) is 8.61. The van der Waals surface area contributed by atoms with Gasteiger partial charge >= 0.3 is 0 Å². The molecule has 1 fully saturated rings. The molecule has 2 aromatic carbocycles. The average Bonchev–Trinajstić information content (AvgIpc) is 2.69. The van der Waals surface area contributed by atoms with Crippen LogP contribution in [0.1, 0.15) is 21.5 Å². The molecular weight excluding hydrogens is 330 g/mol. The molecule has 1 saturated heterocycles. The molecule has 2 aromatic rings. The Morgan fingerprint density at radius 3 is 2.73 bits per heavy atom. The highest BCUT2D eigenvalue weighted by Crippen LogP contribution is 2.11. The second kappa shape index (κ2) is 9.12. The summed E-state index contributed by atoms with van der Waals surface area (Å²) < 4.78 is 10.5. The van der Waals surface area contributed by atoms with Crippen molar-refractivity contribution >= 4 is 12.1 Å². The summed E-state index contributed by atoms with van der Waals surface area (Å²) in [5, 5.41) is 4.01. The SMILES string of the molecule is COc1cccc(/C=N\NC(=O)c2ccc(CN3CCOCC3)cc2)c1. The summed E-state index contributed by atoms with van der Waals surface area (Å²) in [7, 11) is 1.61. The minimum atomic E-state index is -0.234. The van der Waals surface area contributed by atoms with Crippen molar-refractivity contribution < 1.29 is 14.3 Å². The van der Waals surface area contributed by atoms with Crippen LogP contribution in [-0.4, -0.2) is 50.4 Å². The van der Waals surface area contributed by atoms with Crippen LogP contribution in [0.25, 0.3) is 0 Å². The molecule has 0 atom stereocenters. The van der Waals surface area contributed by atoms with Gasteiger partial charge in [-0.1, -0.05) is 24.3 Å². The summed E-state index contributed by atoms with van der Waals surface area (Å²) >= 11 is 0. The average molecular weight is 353 g/mol. The summed E-state index contributed by atoms with van der Waals surface area (Å²) in [5.41, 5.74) is 5.17. The number of benzene rings is 2. The summed E-state index contributed by atoms with van der Waals surface area (Å²) in [4.78, 5) is 14.5. The maximum atomic E-state index is 12.2. The Labute approximate surface area is 153 Å². The molecule has 136 valence electrons. The Kier molecular flexibility index (Phi) is 6.35. The minimum Gasteiger partial charge on any atom is -0.497 e. The normalized spacial score (nSPS) is 15.1. The smallest absolute Gasteiger partial charge is 0.271 e. The van der Waals surface area contributed by atoms with E-state index < -0.39 is 0 Å². The van der Waals surface area contributed by atoms with Gasteiger partial charge in [0.2, 0.25) is 0 Å². The van der Waals surface area contributed by atoms with Gasteiger partial charge in [-0.25, -0.2) is 5.43 Å². The van der Waals surface area contributed by atoms with Gasteiger partial charge in [-0.3, -0.25) is 9.69 Å². The first-order chi connectivity index (χ1) is 12.7. The number of morpholine rings is 1. The van der Waals surface area contributed by atoms with E-state index in [2.05, 4.69) is 15.4 Å². The summed E-state index contributed by atoms with van der Waals surface area (Å²) in [6.45, 7) is 4.33. The zero-order chi connectivity index (χ0) is 18.2. The lowest BCUT2D eigenvalue weighted by atomic mass is 10.1. The lowest BCUT2D eigenvalue weighted by Crippen LogP contribution is -2.35. The molecule has 1 amide bonds. The predicted molar refractivity (Wildman–Crippen MR) is 101 cm³/mol. The Hall–Kier alpha value is -2.70. The third kappa shape index (κ3) is 5.15. The first kappa shape index (κ1) is 18.1. The molecular formula is C20H23N3O3. The van der Waals surface area contributed by atoms with Gasteiger partial charge in [-0.15, -0.1) is 0 Å². The maximum absolute atomic E-state index is 12.2. The molecule has 3 rings (SSSR count). The summed E-state index contributed by atoms with van der Waals surface area (Å²) in [6.07, 6.45) is 1.59. The lowest BCUT2D eigenvalue weighted by molar-refractivity contribution is 0.0342. The van der Waals surface area contributed by atoms with Crippen LogP contribution in [0.2, 0.25) is 0 Å². The van der Waals surface area contributed by atoms with Gasteiger partial charge in [0.15, 0.2) is 0 Å². The highest BCUT2D eigenvalue weighted by atomic mass is 16.5.